The molecule has 0 aliphatic carbocycles. The maximum atomic E-state index is 4.48. The van der Waals surface area contributed by atoms with Gasteiger partial charge in [0, 0.05) is 12.2 Å². The van der Waals surface area contributed by atoms with Gasteiger partial charge in [-0.3, -0.25) is 0 Å². The van der Waals surface area contributed by atoms with Crippen molar-refractivity contribution in [2.75, 3.05) is 5.32 Å². The minimum atomic E-state index is 0.408. The van der Waals surface area contributed by atoms with E-state index in [1.807, 2.05) is 22.8 Å². The Morgan fingerprint density at radius 1 is 1.28 bits per heavy atom. The number of hydrogen-bond acceptors (Lipinski definition) is 3. The lowest BCUT2D eigenvalue weighted by molar-refractivity contribution is 0.526. The summed E-state index contributed by atoms with van der Waals surface area (Å²) in [4.78, 5) is 4.48. The number of hydrogen-bond donors (Lipinski definition) is 1. The van der Waals surface area contributed by atoms with Crippen LogP contribution >= 0.6 is 0 Å². The van der Waals surface area contributed by atoms with Crippen LogP contribution in [0.5, 0.6) is 0 Å². The molecule has 2 aromatic rings. The molecule has 0 aliphatic heterocycles. The highest BCUT2D eigenvalue weighted by Gasteiger charge is 2.08. The van der Waals surface area contributed by atoms with Gasteiger partial charge in [-0.25, -0.2) is 4.52 Å². The van der Waals surface area contributed by atoms with Gasteiger partial charge in [0.1, 0.15) is 0 Å². The van der Waals surface area contributed by atoms with Crippen LogP contribution in [0.2, 0.25) is 0 Å². The van der Waals surface area contributed by atoms with Crippen LogP contribution in [-0.2, 0) is 0 Å². The van der Waals surface area contributed by atoms with Crippen molar-refractivity contribution >= 4 is 11.6 Å². The van der Waals surface area contributed by atoms with Gasteiger partial charge in [0.2, 0.25) is 5.95 Å². The van der Waals surface area contributed by atoms with Crippen molar-refractivity contribution in [1.29, 1.82) is 0 Å². The van der Waals surface area contributed by atoms with Crippen molar-refractivity contribution in [2.45, 2.75) is 46.6 Å². The summed E-state index contributed by atoms with van der Waals surface area (Å²) < 4.78 is 1.81. The van der Waals surface area contributed by atoms with Gasteiger partial charge in [0.25, 0.3) is 0 Å². The molecule has 0 fully saturated rings. The third-order valence-electron chi connectivity index (χ3n) is 3.05. The first kappa shape index (κ1) is 12.9. The number of nitrogens with one attached hydrogen (secondary N) is 1. The lowest BCUT2D eigenvalue weighted by Gasteiger charge is -2.13. The average molecular weight is 246 g/mol. The fourth-order valence-electron chi connectivity index (χ4n) is 1.92. The zero-order valence-corrected chi connectivity index (χ0v) is 11.6. The third-order valence-corrected chi connectivity index (χ3v) is 3.05. The standard InChI is InChI=1S/C14H22N4/c1-10(2)5-6-12(4)15-14-16-13-9-11(3)7-8-18(13)17-14/h7-10,12H,5-6H2,1-4H3,(H,15,17). The molecule has 0 saturated carbocycles. The molecule has 4 heteroatoms. The number of rotatable bonds is 5. The molecule has 1 unspecified atom stereocenters. The Kier molecular flexibility index (Phi) is 3.84. The minimum Gasteiger partial charge on any atom is -0.350 e. The summed E-state index contributed by atoms with van der Waals surface area (Å²) in [5.74, 6) is 1.46. The maximum Gasteiger partial charge on any atom is 0.243 e. The van der Waals surface area contributed by atoms with Gasteiger partial charge < -0.3 is 5.32 Å². The van der Waals surface area contributed by atoms with Crippen LogP contribution in [0.1, 0.15) is 39.2 Å². The van der Waals surface area contributed by atoms with Crippen molar-refractivity contribution in [3.63, 3.8) is 0 Å². The van der Waals surface area contributed by atoms with Crippen LogP contribution in [0.15, 0.2) is 18.3 Å². The van der Waals surface area contributed by atoms with Gasteiger partial charge in [0.05, 0.1) is 0 Å². The van der Waals surface area contributed by atoms with E-state index in [1.54, 1.807) is 0 Å². The number of fused-ring (bicyclic) bond motifs is 1. The van der Waals surface area contributed by atoms with E-state index in [9.17, 15) is 0 Å². The zero-order valence-electron chi connectivity index (χ0n) is 11.6. The molecule has 1 atom stereocenters. The van der Waals surface area contributed by atoms with Crippen LogP contribution in [0.25, 0.3) is 5.65 Å². The Hall–Kier alpha value is -1.58. The number of aromatic nitrogens is 3. The summed E-state index contributed by atoms with van der Waals surface area (Å²) in [5.41, 5.74) is 2.10. The second kappa shape index (κ2) is 5.38. The van der Waals surface area contributed by atoms with E-state index in [4.69, 9.17) is 0 Å². The Morgan fingerprint density at radius 3 is 2.78 bits per heavy atom. The highest BCUT2D eigenvalue weighted by molar-refractivity contribution is 5.45. The van der Waals surface area contributed by atoms with Crippen molar-refractivity contribution < 1.29 is 0 Å². The second-order valence-corrected chi connectivity index (χ2v) is 5.46. The van der Waals surface area contributed by atoms with E-state index < -0.39 is 0 Å². The topological polar surface area (TPSA) is 42.2 Å². The van der Waals surface area contributed by atoms with Gasteiger partial charge >= 0.3 is 0 Å². The highest BCUT2D eigenvalue weighted by Crippen LogP contribution is 2.12. The molecular formula is C14H22N4. The molecule has 0 aliphatic rings. The summed E-state index contributed by atoms with van der Waals surface area (Å²) in [5, 5.41) is 7.78. The molecule has 4 nitrogen and oxygen atoms in total. The van der Waals surface area contributed by atoms with Crippen LogP contribution in [0.4, 0.5) is 5.95 Å². The quantitative estimate of drug-likeness (QED) is 0.880. The lowest BCUT2D eigenvalue weighted by atomic mass is 10.0. The van der Waals surface area contributed by atoms with Crippen molar-refractivity contribution in [1.82, 2.24) is 14.6 Å². The molecule has 0 saturated heterocycles. The van der Waals surface area contributed by atoms with E-state index in [1.165, 1.54) is 12.0 Å². The number of pyridine rings is 1. The zero-order chi connectivity index (χ0) is 13.1. The fourth-order valence-corrected chi connectivity index (χ4v) is 1.92. The highest BCUT2D eigenvalue weighted by atomic mass is 15.3. The predicted molar refractivity (Wildman–Crippen MR) is 74.9 cm³/mol. The van der Waals surface area contributed by atoms with Gasteiger partial charge in [-0.05, 0) is 50.3 Å². The van der Waals surface area contributed by atoms with Gasteiger partial charge in [-0.2, -0.15) is 4.98 Å². The fraction of sp³-hybridized carbons (Fsp3) is 0.571. The van der Waals surface area contributed by atoms with Crippen molar-refractivity contribution in [3.8, 4) is 0 Å². The molecule has 98 valence electrons. The summed E-state index contributed by atoms with van der Waals surface area (Å²) >= 11 is 0. The van der Waals surface area contributed by atoms with Crippen molar-refractivity contribution in [2.24, 2.45) is 5.92 Å². The summed E-state index contributed by atoms with van der Waals surface area (Å²) in [7, 11) is 0. The molecule has 18 heavy (non-hydrogen) atoms. The van der Waals surface area contributed by atoms with Crippen LogP contribution in [0, 0.1) is 12.8 Å². The molecule has 2 heterocycles. The molecule has 0 aromatic carbocycles. The Morgan fingerprint density at radius 2 is 2.06 bits per heavy atom. The van der Waals surface area contributed by atoms with Crippen LogP contribution in [0.3, 0.4) is 0 Å². The monoisotopic (exact) mass is 246 g/mol. The van der Waals surface area contributed by atoms with Gasteiger partial charge in [-0.1, -0.05) is 13.8 Å². The van der Waals surface area contributed by atoms with E-state index in [-0.39, 0.29) is 0 Å². The summed E-state index contributed by atoms with van der Waals surface area (Å²) in [6.45, 7) is 8.74. The predicted octanol–water partition coefficient (Wildman–Crippen LogP) is 3.27. The molecule has 2 aromatic heterocycles. The number of aryl methyl sites for hydroxylation is 1. The maximum absolute atomic E-state index is 4.48. The van der Waals surface area contributed by atoms with E-state index in [0.29, 0.717) is 6.04 Å². The summed E-state index contributed by atoms with van der Waals surface area (Å²) in [6.07, 6.45) is 4.31. The largest absolute Gasteiger partial charge is 0.350 e. The van der Waals surface area contributed by atoms with Gasteiger partial charge in [0.15, 0.2) is 5.65 Å². The Bertz CT molecular complexity index is 515. The van der Waals surface area contributed by atoms with Crippen LogP contribution < -0.4 is 5.32 Å². The molecule has 1 N–H and O–H groups in total. The van der Waals surface area contributed by atoms with Crippen LogP contribution in [-0.4, -0.2) is 20.6 Å². The molecule has 0 bridgehead atoms. The third kappa shape index (κ3) is 3.22. The minimum absolute atomic E-state index is 0.408. The normalized spacial score (nSPS) is 13.2. The smallest absolute Gasteiger partial charge is 0.243 e. The summed E-state index contributed by atoms with van der Waals surface area (Å²) in [6, 6.07) is 4.48. The number of anilines is 1. The molecular weight excluding hydrogens is 224 g/mol. The van der Waals surface area contributed by atoms with E-state index in [0.717, 1.165) is 23.9 Å². The SMILES string of the molecule is Cc1ccn2nc(NC(C)CCC(C)C)nc2c1. The molecule has 2 rings (SSSR count). The average Bonchev–Trinajstić information content (AvgIpc) is 2.67. The first-order valence-electron chi connectivity index (χ1n) is 6.64. The second-order valence-electron chi connectivity index (χ2n) is 5.46. The first-order chi connectivity index (χ1) is 8.54. The first-order valence-corrected chi connectivity index (χ1v) is 6.64. The number of nitrogens with zero attached hydrogens (tertiary/aromatic N) is 3. The Labute approximate surface area is 108 Å². The van der Waals surface area contributed by atoms with E-state index in [2.05, 4.69) is 43.1 Å². The molecule has 0 radical (unpaired) electrons. The van der Waals surface area contributed by atoms with E-state index >= 15 is 0 Å². The molecule has 0 amide bonds. The molecule has 0 spiro atoms. The van der Waals surface area contributed by atoms with Gasteiger partial charge in [-0.15, -0.1) is 5.10 Å². The lowest BCUT2D eigenvalue weighted by Crippen LogP contribution is -2.16. The van der Waals surface area contributed by atoms with Crippen molar-refractivity contribution in [3.05, 3.63) is 23.9 Å². The Balaban J connectivity index is 2.03.